The molecule has 0 spiro atoms. The lowest BCUT2D eigenvalue weighted by Crippen LogP contribution is -2.43. The predicted molar refractivity (Wildman–Crippen MR) is 163 cm³/mol. The molecule has 4 aromatic heterocycles. The van der Waals surface area contributed by atoms with Crippen molar-refractivity contribution in [3.05, 3.63) is 47.0 Å². The minimum Gasteiger partial charge on any atom is -0.475 e. The summed E-state index contributed by atoms with van der Waals surface area (Å²) in [6.45, 7) is 4.30. The van der Waals surface area contributed by atoms with Crippen molar-refractivity contribution in [3.8, 4) is 23.1 Å². The molecule has 7 heterocycles. The van der Waals surface area contributed by atoms with Crippen LogP contribution in [0.25, 0.3) is 22.2 Å². The fourth-order valence-electron chi connectivity index (χ4n) is 7.22. The van der Waals surface area contributed by atoms with Gasteiger partial charge in [0.05, 0.1) is 29.4 Å². The van der Waals surface area contributed by atoms with Gasteiger partial charge in [-0.1, -0.05) is 6.07 Å². The van der Waals surface area contributed by atoms with Crippen molar-refractivity contribution < 1.29 is 31.4 Å². The Kier molecular flexibility index (Phi) is 7.44. The van der Waals surface area contributed by atoms with Gasteiger partial charge in [-0.2, -0.15) is 23.1 Å². The summed E-state index contributed by atoms with van der Waals surface area (Å²) in [6.07, 6.45) is -2.49. The number of hydrogen-bond donors (Lipinski definition) is 2. The van der Waals surface area contributed by atoms with E-state index < -0.39 is 52.3 Å². The standard InChI is InChI=1S/C31H32F5N9O2/c1-15-22(31(34,35)36)19(11-20(37)40-15)24-23(33)25-21-27(43-29(42-25)47-14-30-6-4-8-44(30)13-17(32)12-30)45(9-10-46-28(21)41-24)16(2)18-5-3-7-39-26(18)38/h3,5,7,11,16-17H,4,6,8-10,12-14H2,1-2H3,(H2,37,40)(H2,38,39)/t16-,17-,30?/m1/s1. The van der Waals surface area contributed by atoms with Crippen molar-refractivity contribution in [2.45, 2.75) is 57.0 Å². The lowest BCUT2D eigenvalue weighted by molar-refractivity contribution is -0.137. The van der Waals surface area contributed by atoms with Crippen molar-refractivity contribution in [2.24, 2.45) is 0 Å². The van der Waals surface area contributed by atoms with Gasteiger partial charge in [-0.3, -0.25) is 4.90 Å². The van der Waals surface area contributed by atoms with Gasteiger partial charge in [0.2, 0.25) is 5.88 Å². The Morgan fingerprint density at radius 2 is 1.98 bits per heavy atom. The maximum Gasteiger partial charge on any atom is 0.418 e. The van der Waals surface area contributed by atoms with E-state index in [1.165, 1.54) is 0 Å². The molecule has 0 amide bonds. The molecular weight excluding hydrogens is 625 g/mol. The molecule has 2 saturated heterocycles. The van der Waals surface area contributed by atoms with Gasteiger partial charge in [-0.25, -0.2) is 23.7 Å². The second-order valence-corrected chi connectivity index (χ2v) is 12.2. The summed E-state index contributed by atoms with van der Waals surface area (Å²) < 4.78 is 86.3. The third kappa shape index (κ3) is 5.27. The Bertz CT molecular complexity index is 1880. The van der Waals surface area contributed by atoms with Gasteiger partial charge in [-0.05, 0) is 45.4 Å². The summed E-state index contributed by atoms with van der Waals surface area (Å²) in [7, 11) is 0. The number of nitrogens with two attached hydrogens (primary N) is 2. The highest BCUT2D eigenvalue weighted by Crippen LogP contribution is 2.46. The molecule has 16 heteroatoms. The number of ether oxygens (including phenoxy) is 2. The first-order valence-electron chi connectivity index (χ1n) is 15.2. The Morgan fingerprint density at radius 1 is 1.17 bits per heavy atom. The van der Waals surface area contributed by atoms with Crippen LogP contribution in [0.15, 0.2) is 24.4 Å². The van der Waals surface area contributed by atoms with Crippen LogP contribution in [0, 0.1) is 12.7 Å². The number of aryl methyl sites for hydroxylation is 1. The molecule has 7 rings (SSSR count). The van der Waals surface area contributed by atoms with E-state index in [0.717, 1.165) is 26.0 Å². The molecule has 0 aromatic carbocycles. The van der Waals surface area contributed by atoms with Crippen LogP contribution in [0.4, 0.5) is 39.4 Å². The van der Waals surface area contributed by atoms with E-state index in [1.54, 1.807) is 18.3 Å². The van der Waals surface area contributed by atoms with Crippen LogP contribution >= 0.6 is 0 Å². The fourth-order valence-corrected chi connectivity index (χ4v) is 7.22. The Labute approximate surface area is 266 Å². The quantitative estimate of drug-likeness (QED) is 0.270. The van der Waals surface area contributed by atoms with Crippen molar-refractivity contribution >= 4 is 28.4 Å². The molecule has 0 saturated carbocycles. The number of nitrogen functional groups attached to an aromatic ring is 2. The first-order valence-corrected chi connectivity index (χ1v) is 15.2. The maximum absolute atomic E-state index is 16.7. The molecule has 3 atom stereocenters. The number of pyridine rings is 3. The molecule has 3 aliphatic rings. The summed E-state index contributed by atoms with van der Waals surface area (Å²) in [4.78, 5) is 25.2. The Morgan fingerprint density at radius 3 is 2.74 bits per heavy atom. The lowest BCUT2D eigenvalue weighted by atomic mass is 9.95. The van der Waals surface area contributed by atoms with E-state index in [9.17, 15) is 17.6 Å². The molecule has 2 fully saturated rings. The van der Waals surface area contributed by atoms with Crippen LogP contribution in [0.1, 0.15) is 49.0 Å². The van der Waals surface area contributed by atoms with Gasteiger partial charge in [0, 0.05) is 30.3 Å². The second kappa shape index (κ2) is 11.3. The van der Waals surface area contributed by atoms with Crippen LogP contribution in [0.3, 0.4) is 0 Å². The molecule has 0 aliphatic carbocycles. The summed E-state index contributed by atoms with van der Waals surface area (Å²) in [5.41, 5.74) is 8.88. The molecule has 0 radical (unpaired) electrons. The van der Waals surface area contributed by atoms with E-state index >= 15 is 4.39 Å². The highest BCUT2D eigenvalue weighted by Gasteiger charge is 2.49. The minimum absolute atomic E-state index is 0.0177. The SMILES string of the molecule is Cc1nc(N)cc(-c2nc3c4c(nc(OCC56CCCN5C[C@H](F)C6)nc4c2F)N([C@H](C)c2cccnc2N)CCO3)c1C(F)(F)F. The molecule has 0 bridgehead atoms. The van der Waals surface area contributed by atoms with Gasteiger partial charge >= 0.3 is 12.2 Å². The third-order valence-electron chi connectivity index (χ3n) is 9.33. The van der Waals surface area contributed by atoms with Crippen molar-refractivity contribution in [3.63, 3.8) is 0 Å². The Hall–Kier alpha value is -4.60. The molecule has 47 heavy (non-hydrogen) atoms. The summed E-state index contributed by atoms with van der Waals surface area (Å²) >= 11 is 0. The third-order valence-corrected chi connectivity index (χ3v) is 9.33. The van der Waals surface area contributed by atoms with Crippen molar-refractivity contribution in [1.82, 2.24) is 29.8 Å². The van der Waals surface area contributed by atoms with Crippen LogP contribution in [-0.4, -0.2) is 74.4 Å². The maximum atomic E-state index is 16.7. The summed E-state index contributed by atoms with van der Waals surface area (Å²) in [5.74, 6) is -1.10. The zero-order valence-corrected chi connectivity index (χ0v) is 25.6. The number of anilines is 3. The number of halogens is 5. The minimum atomic E-state index is -4.90. The van der Waals surface area contributed by atoms with E-state index in [4.69, 9.17) is 25.9 Å². The monoisotopic (exact) mass is 657 g/mol. The summed E-state index contributed by atoms with van der Waals surface area (Å²) in [6, 6.07) is 3.77. The molecule has 11 nitrogen and oxygen atoms in total. The Balaban J connectivity index is 1.43. The van der Waals surface area contributed by atoms with Crippen LogP contribution in [-0.2, 0) is 6.18 Å². The highest BCUT2D eigenvalue weighted by atomic mass is 19.4. The number of aromatic nitrogens is 5. The molecule has 4 aromatic rings. The van der Waals surface area contributed by atoms with E-state index in [1.807, 2.05) is 11.8 Å². The van der Waals surface area contributed by atoms with Gasteiger partial charge < -0.3 is 25.8 Å². The smallest absolute Gasteiger partial charge is 0.418 e. The normalized spacial score (nSPS) is 21.9. The van der Waals surface area contributed by atoms with Crippen LogP contribution in [0.2, 0.25) is 0 Å². The predicted octanol–water partition coefficient (Wildman–Crippen LogP) is 5.03. The van der Waals surface area contributed by atoms with Crippen LogP contribution < -0.4 is 25.8 Å². The van der Waals surface area contributed by atoms with Crippen molar-refractivity contribution in [1.29, 1.82) is 0 Å². The number of hydrogen-bond acceptors (Lipinski definition) is 11. The van der Waals surface area contributed by atoms with Crippen LogP contribution in [0.5, 0.6) is 11.9 Å². The van der Waals surface area contributed by atoms with Gasteiger partial charge in [-0.15, -0.1) is 0 Å². The first-order chi connectivity index (χ1) is 22.4. The zero-order chi connectivity index (χ0) is 33.2. The molecule has 1 unspecified atom stereocenters. The van der Waals surface area contributed by atoms with Gasteiger partial charge in [0.15, 0.2) is 5.82 Å². The number of nitrogens with zero attached hydrogens (tertiary/aromatic N) is 7. The average Bonchev–Trinajstić information content (AvgIpc) is 3.46. The molecule has 3 aliphatic heterocycles. The summed E-state index contributed by atoms with van der Waals surface area (Å²) in [5, 5.41) is 0.0445. The second-order valence-electron chi connectivity index (χ2n) is 12.2. The first kappa shape index (κ1) is 31.0. The number of rotatable bonds is 6. The van der Waals surface area contributed by atoms with E-state index in [-0.39, 0.29) is 66.4 Å². The molecule has 248 valence electrons. The molecule has 4 N–H and O–H groups in total. The van der Waals surface area contributed by atoms with Gasteiger partial charge in [0.25, 0.3) is 0 Å². The van der Waals surface area contributed by atoms with E-state index in [0.29, 0.717) is 18.5 Å². The van der Waals surface area contributed by atoms with Crippen molar-refractivity contribution in [2.75, 3.05) is 49.2 Å². The number of alkyl halides is 4. The largest absolute Gasteiger partial charge is 0.475 e. The molecular formula is C31H32F5N9O2. The van der Waals surface area contributed by atoms with Gasteiger partial charge in [0.1, 0.15) is 53.4 Å². The lowest BCUT2D eigenvalue weighted by Gasteiger charge is -2.32. The fraction of sp³-hybridized carbons (Fsp3) is 0.452. The topological polar surface area (TPSA) is 141 Å². The average molecular weight is 658 g/mol. The zero-order valence-electron chi connectivity index (χ0n) is 25.6. The number of fused-ring (bicyclic) bond motifs is 1. The highest BCUT2D eigenvalue weighted by molar-refractivity contribution is 5.97. The van der Waals surface area contributed by atoms with E-state index in [2.05, 4.69) is 24.8 Å².